The molecule has 366 valence electrons. The second-order valence-electron chi connectivity index (χ2n) is 12.2. The van der Waals surface area contributed by atoms with Crippen molar-refractivity contribution in [3.63, 3.8) is 0 Å². The molecule has 66 heavy (non-hydrogen) atoms. The maximum Gasteiger partial charge on any atom is 0.436 e. The van der Waals surface area contributed by atoms with E-state index in [-0.39, 0.29) is 68.9 Å². The van der Waals surface area contributed by atoms with Crippen molar-refractivity contribution in [1.82, 2.24) is 8.25 Å². The van der Waals surface area contributed by atoms with E-state index in [0.717, 1.165) is 0 Å². The Labute approximate surface area is 366 Å². The van der Waals surface area contributed by atoms with Gasteiger partial charge >= 0.3 is 21.0 Å². The first-order chi connectivity index (χ1) is 29.4. The first kappa shape index (κ1) is 54.5. The van der Waals surface area contributed by atoms with Crippen LogP contribution in [0.1, 0.15) is 0 Å². The molecule has 0 fully saturated rings. The molecule has 4 aromatic rings. The maximum atomic E-state index is 16.0. The smallest absolute Gasteiger partial charge is 0.282 e. The van der Waals surface area contributed by atoms with E-state index in [4.69, 9.17) is 4.55 Å². The fourth-order valence-electron chi connectivity index (χ4n) is 4.83. The largest absolute Gasteiger partial charge is 0.436 e. The number of hydrogen-bond acceptors (Lipinski definition) is 15. The van der Waals surface area contributed by atoms with Crippen LogP contribution in [-0.2, 0) is 70.2 Å². The van der Waals surface area contributed by atoms with E-state index in [0.29, 0.717) is 6.07 Å². The molecule has 0 bridgehead atoms. The van der Waals surface area contributed by atoms with Gasteiger partial charge in [-0.25, -0.2) is 59.7 Å². The highest BCUT2D eigenvalue weighted by molar-refractivity contribution is 8.07. The van der Waals surface area contributed by atoms with Gasteiger partial charge < -0.3 is 0 Å². The van der Waals surface area contributed by atoms with Crippen molar-refractivity contribution >= 4 is 81.9 Å². The maximum absolute atomic E-state index is 16.0. The molecule has 0 atom stereocenters. The van der Waals surface area contributed by atoms with Crippen LogP contribution in [0, 0.1) is 23.3 Å². The molecule has 0 aliphatic rings. The van der Waals surface area contributed by atoms with Crippen molar-refractivity contribution in [2.75, 3.05) is 0 Å². The molecule has 0 spiro atoms. The Hall–Kier alpha value is -4.12. The standard InChI is InChI=1S/C28H16F12N2O16S8/c29-17-4-2-5-18(30)22(17)59-25(33,34)26(35,36)65(55,56)42-62(47,48)20-6-1-3-16(23(20)64(52,53)54)15-11-12-19(31)24(21(15)32)60(43,44)27(37,38)28(39,40)66(57,58)41-61(45,46)13-7-9-14(10-8-13)63(49,50)51/h1-12,41-42H,(H,49,50,51)(H,52,53,54). The predicted octanol–water partition coefficient (Wildman–Crippen LogP) is 4.26. The van der Waals surface area contributed by atoms with Gasteiger partial charge in [0.25, 0.3) is 70.2 Å². The van der Waals surface area contributed by atoms with E-state index >= 15 is 26.3 Å². The molecule has 0 aliphatic carbocycles. The molecule has 0 radical (unpaired) electrons. The van der Waals surface area contributed by atoms with Crippen LogP contribution in [0.25, 0.3) is 11.1 Å². The minimum Gasteiger partial charge on any atom is -0.282 e. The zero-order valence-electron chi connectivity index (χ0n) is 30.3. The molecule has 0 aliphatic heterocycles. The third kappa shape index (κ3) is 9.62. The predicted molar refractivity (Wildman–Crippen MR) is 196 cm³/mol. The lowest BCUT2D eigenvalue weighted by atomic mass is 10.0. The summed E-state index contributed by atoms with van der Waals surface area (Å²) in [6, 6.07) is 0.637. The first-order valence-electron chi connectivity index (χ1n) is 15.5. The molecular weight excluding hydrogens is 1100 g/mol. The average molecular weight is 1120 g/mol. The van der Waals surface area contributed by atoms with Crippen LogP contribution in [0.2, 0.25) is 0 Å². The summed E-state index contributed by atoms with van der Waals surface area (Å²) in [5.41, 5.74) is -4.11. The molecule has 0 saturated carbocycles. The molecule has 4 N–H and O–H groups in total. The van der Waals surface area contributed by atoms with E-state index in [9.17, 15) is 89.8 Å². The number of nitrogens with one attached hydrogen (secondary N) is 2. The van der Waals surface area contributed by atoms with Gasteiger partial charge in [-0.3, -0.25) is 9.11 Å². The molecule has 18 nitrogen and oxygen atoms in total. The van der Waals surface area contributed by atoms with Gasteiger partial charge in [0.1, 0.15) is 32.1 Å². The number of sulfone groups is 1. The summed E-state index contributed by atoms with van der Waals surface area (Å²) in [5, 5.41) is -27.9. The normalized spacial score (nSPS) is 14.3. The Morgan fingerprint density at radius 2 is 0.909 bits per heavy atom. The van der Waals surface area contributed by atoms with Crippen molar-refractivity contribution in [2.24, 2.45) is 0 Å². The lowest BCUT2D eigenvalue weighted by molar-refractivity contribution is -0.0971. The number of hydrogen-bond donors (Lipinski definition) is 4. The summed E-state index contributed by atoms with van der Waals surface area (Å²) in [6.07, 6.45) is 0. The van der Waals surface area contributed by atoms with Gasteiger partial charge in [-0.15, -0.1) is 0 Å². The van der Waals surface area contributed by atoms with Crippen LogP contribution in [-0.4, -0.2) is 89.0 Å². The van der Waals surface area contributed by atoms with Gasteiger partial charge in [0.05, 0.1) is 14.7 Å². The summed E-state index contributed by atoms with van der Waals surface area (Å²) in [6.45, 7) is 0. The van der Waals surface area contributed by atoms with Crippen molar-refractivity contribution in [2.45, 2.75) is 50.4 Å². The van der Waals surface area contributed by atoms with Crippen LogP contribution >= 0.6 is 11.8 Å². The third-order valence-corrected chi connectivity index (χ3v) is 20.2. The number of sulfonamides is 4. The van der Waals surface area contributed by atoms with Crippen LogP contribution in [0.15, 0.2) is 102 Å². The lowest BCUT2D eigenvalue weighted by Crippen LogP contribution is -2.56. The van der Waals surface area contributed by atoms with Gasteiger partial charge in [0.2, 0.25) is 0 Å². The minimum atomic E-state index is -8.05. The number of halogens is 12. The van der Waals surface area contributed by atoms with E-state index in [1.807, 2.05) is 0 Å². The van der Waals surface area contributed by atoms with E-state index < -0.39 is 173 Å². The number of thioether (sulfide) groups is 1. The zero-order valence-corrected chi connectivity index (χ0v) is 36.9. The third-order valence-electron chi connectivity index (χ3n) is 7.84. The Kier molecular flexibility index (Phi) is 14.1. The van der Waals surface area contributed by atoms with Crippen LogP contribution < -0.4 is 8.25 Å². The molecule has 0 heterocycles. The van der Waals surface area contributed by atoms with Crippen molar-refractivity contribution in [3.05, 3.63) is 96.1 Å². The summed E-state index contributed by atoms with van der Waals surface area (Å²) in [7, 11) is -47.9. The summed E-state index contributed by atoms with van der Waals surface area (Å²) in [5.74, 6) is -10.1. The Balaban J connectivity index is 1.85. The van der Waals surface area contributed by atoms with Crippen molar-refractivity contribution in [1.29, 1.82) is 0 Å². The molecule has 4 rings (SSSR count). The van der Waals surface area contributed by atoms with Gasteiger partial charge in [-0.1, -0.05) is 26.5 Å². The number of rotatable bonds is 17. The monoisotopic (exact) mass is 1120 g/mol. The molecule has 4 aromatic carbocycles. The van der Waals surface area contributed by atoms with Gasteiger partial charge in [-0.2, -0.15) is 52.0 Å². The Bertz CT molecular complexity index is 3450. The average Bonchev–Trinajstić information content (AvgIpc) is 3.14. The molecule has 0 aromatic heterocycles. The highest BCUT2D eigenvalue weighted by Crippen LogP contribution is 2.51. The van der Waals surface area contributed by atoms with E-state index in [2.05, 4.69) is 0 Å². The highest BCUT2D eigenvalue weighted by atomic mass is 32.3. The fraction of sp³-hybridized carbons (Fsp3) is 0.143. The van der Waals surface area contributed by atoms with Crippen molar-refractivity contribution < 1.29 is 121 Å². The molecule has 38 heteroatoms. The van der Waals surface area contributed by atoms with Crippen molar-refractivity contribution in [3.8, 4) is 11.1 Å². The Morgan fingerprint density at radius 3 is 1.39 bits per heavy atom. The topological polar surface area (TPSA) is 303 Å². The zero-order chi connectivity index (χ0) is 51.0. The second kappa shape index (κ2) is 17.1. The van der Waals surface area contributed by atoms with Gasteiger partial charge in [0.15, 0.2) is 5.82 Å². The molecule has 0 unspecified atom stereocenters. The fourth-order valence-corrected chi connectivity index (χ4v) is 15.4. The van der Waals surface area contributed by atoms with Gasteiger partial charge in [0, 0.05) is 11.1 Å². The van der Waals surface area contributed by atoms with E-state index in [1.54, 1.807) is 0 Å². The minimum absolute atomic E-state index is 0.000183. The quantitative estimate of drug-likeness (QED) is 0.0652. The summed E-state index contributed by atoms with van der Waals surface area (Å²) in [4.78, 5) is -13.0. The molecule has 0 amide bonds. The SMILES string of the molecule is O=S(=O)(O)c1ccc(S(=O)(=O)NS(=O)(=O)C(F)(F)C(F)(F)S(=O)(=O)c2c(F)ccc(-c3cccc(S(=O)(=O)NS(=O)(=O)C(F)(F)C(F)(F)Sc4c(F)cccc4F)c3S(=O)(=O)O)c2F)cc1. The second-order valence-corrected chi connectivity index (χ2v) is 25.3. The molecule has 0 saturated heterocycles. The Morgan fingerprint density at radius 1 is 0.455 bits per heavy atom. The van der Waals surface area contributed by atoms with E-state index in [1.165, 1.54) is 0 Å². The molecular formula is C28H16F12N2O16S8. The van der Waals surface area contributed by atoms with Crippen LogP contribution in [0.3, 0.4) is 0 Å². The first-order valence-corrected chi connectivity index (χ1v) is 26.7. The number of benzene rings is 4. The summed E-state index contributed by atoms with van der Waals surface area (Å²) < 4.78 is 372. The summed E-state index contributed by atoms with van der Waals surface area (Å²) >= 11 is -1.82. The highest BCUT2D eigenvalue weighted by Gasteiger charge is 2.75. The van der Waals surface area contributed by atoms with Gasteiger partial charge in [-0.05, 0) is 66.4 Å². The lowest BCUT2D eigenvalue weighted by Gasteiger charge is -2.26. The van der Waals surface area contributed by atoms with Crippen LogP contribution in [0.4, 0.5) is 52.7 Å². The van der Waals surface area contributed by atoms with Crippen LogP contribution in [0.5, 0.6) is 0 Å². The number of alkyl halides is 8.